The van der Waals surface area contributed by atoms with Crippen LogP contribution in [-0.2, 0) is 0 Å². The van der Waals surface area contributed by atoms with Gasteiger partial charge >= 0.3 is 0 Å². The number of halogens is 2. The van der Waals surface area contributed by atoms with Gasteiger partial charge in [0, 0.05) is 15.2 Å². The molecule has 1 unspecified atom stereocenters. The highest BCUT2D eigenvalue weighted by atomic mass is 127. The van der Waals surface area contributed by atoms with Crippen LogP contribution in [0.1, 0.15) is 22.1 Å². The van der Waals surface area contributed by atoms with Gasteiger partial charge in [0.1, 0.15) is 11.5 Å². The lowest BCUT2D eigenvalue weighted by Gasteiger charge is -2.17. The number of benzene rings is 2. The summed E-state index contributed by atoms with van der Waals surface area (Å²) in [5, 5.41) is -0.248. The van der Waals surface area contributed by atoms with Gasteiger partial charge in [-0.2, -0.15) is 0 Å². The summed E-state index contributed by atoms with van der Waals surface area (Å²) in [7, 11) is 3.28. The van der Waals surface area contributed by atoms with Crippen LogP contribution in [0.2, 0.25) is 0 Å². The number of ether oxygens (including phenoxy) is 2. The Balaban J connectivity index is 2.47. The Morgan fingerprint density at radius 1 is 1.05 bits per heavy atom. The summed E-state index contributed by atoms with van der Waals surface area (Å²) in [5.41, 5.74) is 3.26. The Kier molecular flexibility index (Phi) is 5.16. The summed E-state index contributed by atoms with van der Waals surface area (Å²) in [6, 6.07) is 11.9. The minimum absolute atomic E-state index is 0.248. The average Bonchev–Trinajstić information content (AvgIpc) is 2.48. The fraction of sp³-hybridized carbons (Fsp3) is 0.250. The van der Waals surface area contributed by atoms with E-state index in [0.29, 0.717) is 0 Å². The van der Waals surface area contributed by atoms with E-state index in [9.17, 15) is 0 Å². The third-order valence-corrected chi connectivity index (χ3v) is 5.15. The molecule has 1 atom stereocenters. The molecule has 0 fully saturated rings. The Morgan fingerprint density at radius 3 is 2.45 bits per heavy atom. The lowest BCUT2D eigenvalue weighted by Crippen LogP contribution is -2.01. The van der Waals surface area contributed by atoms with Crippen molar-refractivity contribution in [2.24, 2.45) is 0 Å². The van der Waals surface area contributed by atoms with E-state index >= 15 is 0 Å². The van der Waals surface area contributed by atoms with Crippen molar-refractivity contribution < 1.29 is 9.47 Å². The van der Waals surface area contributed by atoms with Gasteiger partial charge in [0.25, 0.3) is 0 Å². The lowest BCUT2D eigenvalue weighted by atomic mass is 10.0. The molecular formula is C16H16ClIO2. The molecule has 0 amide bonds. The molecule has 0 spiro atoms. The zero-order valence-electron chi connectivity index (χ0n) is 11.6. The van der Waals surface area contributed by atoms with E-state index in [-0.39, 0.29) is 5.38 Å². The number of aryl methyl sites for hydroxylation is 1. The predicted octanol–water partition coefficient (Wildman–Crippen LogP) is 4.95. The molecule has 0 heterocycles. The maximum Gasteiger partial charge on any atom is 0.127 e. The van der Waals surface area contributed by atoms with E-state index in [2.05, 4.69) is 41.6 Å². The summed E-state index contributed by atoms with van der Waals surface area (Å²) in [4.78, 5) is 0. The minimum atomic E-state index is -0.248. The van der Waals surface area contributed by atoms with Crippen molar-refractivity contribution in [3.05, 3.63) is 56.7 Å². The molecule has 2 rings (SSSR count). The molecule has 0 aromatic heterocycles. The van der Waals surface area contributed by atoms with Crippen LogP contribution in [0.4, 0.5) is 0 Å². The minimum Gasteiger partial charge on any atom is -0.497 e. The van der Waals surface area contributed by atoms with Crippen molar-refractivity contribution in [1.29, 1.82) is 0 Å². The molecule has 0 saturated heterocycles. The maximum absolute atomic E-state index is 6.66. The third-order valence-electron chi connectivity index (χ3n) is 3.21. The molecule has 0 radical (unpaired) electrons. The topological polar surface area (TPSA) is 18.5 Å². The normalized spacial score (nSPS) is 12.1. The second kappa shape index (κ2) is 6.68. The van der Waals surface area contributed by atoms with Gasteiger partial charge in [-0.15, -0.1) is 11.6 Å². The summed E-state index contributed by atoms with van der Waals surface area (Å²) >= 11 is 9.00. The highest BCUT2D eigenvalue weighted by Crippen LogP contribution is 2.39. The van der Waals surface area contributed by atoms with Crippen LogP contribution in [-0.4, -0.2) is 14.2 Å². The fourth-order valence-corrected chi connectivity index (χ4v) is 3.28. The molecule has 0 saturated carbocycles. The Hall–Kier alpha value is -0.940. The molecule has 0 aliphatic heterocycles. The number of hydrogen-bond donors (Lipinski definition) is 0. The van der Waals surface area contributed by atoms with Crippen LogP contribution in [0.25, 0.3) is 0 Å². The summed E-state index contributed by atoms with van der Waals surface area (Å²) in [5.74, 6) is 1.50. The molecule has 4 heteroatoms. The predicted molar refractivity (Wildman–Crippen MR) is 91.1 cm³/mol. The zero-order valence-corrected chi connectivity index (χ0v) is 14.5. The van der Waals surface area contributed by atoms with E-state index in [4.69, 9.17) is 21.1 Å². The lowest BCUT2D eigenvalue weighted by molar-refractivity contribution is 0.391. The molecule has 0 N–H and O–H groups in total. The SMILES string of the molecule is COc1ccc(C(Cl)c2cccc(C)c2I)c(OC)c1. The molecule has 2 aromatic rings. The molecule has 20 heavy (non-hydrogen) atoms. The van der Waals surface area contributed by atoms with Gasteiger partial charge in [-0.05, 0) is 52.8 Å². The second-order valence-corrected chi connectivity index (χ2v) is 5.96. The van der Waals surface area contributed by atoms with E-state index in [1.165, 1.54) is 9.13 Å². The van der Waals surface area contributed by atoms with Crippen molar-refractivity contribution in [2.75, 3.05) is 14.2 Å². The summed E-state index contributed by atoms with van der Waals surface area (Å²) in [6.45, 7) is 2.08. The standard InChI is InChI=1S/C16H16ClIO2/c1-10-5-4-6-13(16(10)18)15(17)12-8-7-11(19-2)9-14(12)20-3/h4-9,15H,1-3H3. The van der Waals surface area contributed by atoms with Crippen LogP contribution in [0, 0.1) is 10.5 Å². The molecule has 0 bridgehead atoms. The highest BCUT2D eigenvalue weighted by Gasteiger charge is 2.19. The van der Waals surface area contributed by atoms with Gasteiger partial charge in [-0.1, -0.05) is 18.2 Å². The van der Waals surface area contributed by atoms with Crippen LogP contribution in [0.5, 0.6) is 11.5 Å². The van der Waals surface area contributed by atoms with Crippen LogP contribution >= 0.6 is 34.2 Å². The highest BCUT2D eigenvalue weighted by molar-refractivity contribution is 14.1. The van der Waals surface area contributed by atoms with Crippen molar-refractivity contribution in [3.8, 4) is 11.5 Å². The van der Waals surface area contributed by atoms with Crippen molar-refractivity contribution in [2.45, 2.75) is 12.3 Å². The van der Waals surface area contributed by atoms with Crippen LogP contribution < -0.4 is 9.47 Å². The number of methoxy groups -OCH3 is 2. The maximum atomic E-state index is 6.66. The molecule has 2 aromatic carbocycles. The molecule has 2 nitrogen and oxygen atoms in total. The Bertz CT molecular complexity index is 613. The Morgan fingerprint density at radius 2 is 1.80 bits per heavy atom. The van der Waals surface area contributed by atoms with Crippen molar-refractivity contribution >= 4 is 34.2 Å². The van der Waals surface area contributed by atoms with Crippen molar-refractivity contribution in [1.82, 2.24) is 0 Å². The number of rotatable bonds is 4. The first-order chi connectivity index (χ1) is 9.58. The largest absolute Gasteiger partial charge is 0.497 e. The zero-order chi connectivity index (χ0) is 14.7. The molecule has 0 aliphatic carbocycles. The third kappa shape index (κ3) is 3.04. The molecule has 0 aliphatic rings. The quantitative estimate of drug-likeness (QED) is 0.532. The van der Waals surface area contributed by atoms with Crippen LogP contribution in [0.15, 0.2) is 36.4 Å². The first-order valence-corrected chi connectivity index (χ1v) is 7.71. The monoisotopic (exact) mass is 402 g/mol. The van der Waals surface area contributed by atoms with E-state index in [1.807, 2.05) is 24.3 Å². The second-order valence-electron chi connectivity index (χ2n) is 4.45. The molecule has 106 valence electrons. The van der Waals surface area contributed by atoms with Gasteiger partial charge in [0.2, 0.25) is 0 Å². The van der Waals surface area contributed by atoms with Gasteiger partial charge < -0.3 is 9.47 Å². The van der Waals surface area contributed by atoms with E-state index in [1.54, 1.807) is 14.2 Å². The van der Waals surface area contributed by atoms with Gasteiger partial charge in [0.15, 0.2) is 0 Å². The first kappa shape index (κ1) is 15.4. The van der Waals surface area contributed by atoms with Crippen LogP contribution in [0.3, 0.4) is 0 Å². The smallest absolute Gasteiger partial charge is 0.127 e. The van der Waals surface area contributed by atoms with Gasteiger partial charge in [-0.25, -0.2) is 0 Å². The molecular weight excluding hydrogens is 387 g/mol. The van der Waals surface area contributed by atoms with Gasteiger partial charge in [-0.3, -0.25) is 0 Å². The number of alkyl halides is 1. The summed E-state index contributed by atoms with van der Waals surface area (Å²) in [6.07, 6.45) is 0. The fourth-order valence-electron chi connectivity index (χ4n) is 2.06. The van der Waals surface area contributed by atoms with Gasteiger partial charge in [0.05, 0.1) is 19.6 Å². The van der Waals surface area contributed by atoms with E-state index in [0.717, 1.165) is 22.6 Å². The summed E-state index contributed by atoms with van der Waals surface area (Å²) < 4.78 is 11.8. The Labute approximate surface area is 138 Å². The average molecular weight is 403 g/mol. The number of hydrogen-bond acceptors (Lipinski definition) is 2. The van der Waals surface area contributed by atoms with E-state index < -0.39 is 0 Å². The van der Waals surface area contributed by atoms with Crippen molar-refractivity contribution in [3.63, 3.8) is 0 Å². The first-order valence-electron chi connectivity index (χ1n) is 6.19.